The molecule has 0 spiro atoms. The van der Waals surface area contributed by atoms with E-state index in [2.05, 4.69) is 17.6 Å². The van der Waals surface area contributed by atoms with Crippen molar-refractivity contribution in [3.05, 3.63) is 35.1 Å². The molecule has 0 aromatic heterocycles. The highest BCUT2D eigenvalue weighted by Crippen LogP contribution is 2.13. The Hall–Kier alpha value is -1.42. The van der Waals surface area contributed by atoms with E-state index in [9.17, 15) is 9.18 Å². The van der Waals surface area contributed by atoms with Crippen LogP contribution in [0.3, 0.4) is 0 Å². The number of rotatable bonds is 2. The van der Waals surface area contributed by atoms with Gasteiger partial charge in [-0.25, -0.2) is 4.39 Å². The fourth-order valence-electron chi connectivity index (χ4n) is 2.33. The molecular weight excluding hydrogens is 231 g/mol. The third-order valence-electron chi connectivity index (χ3n) is 3.52. The van der Waals surface area contributed by atoms with E-state index in [1.165, 1.54) is 12.1 Å². The van der Waals surface area contributed by atoms with Gasteiger partial charge in [-0.2, -0.15) is 0 Å². The zero-order valence-corrected chi connectivity index (χ0v) is 10.8. The fraction of sp³-hybridized carbons (Fsp3) is 0.500. The molecule has 2 N–H and O–H groups in total. The van der Waals surface area contributed by atoms with E-state index in [4.69, 9.17) is 0 Å². The second-order valence-electron chi connectivity index (χ2n) is 4.92. The van der Waals surface area contributed by atoms with Crippen LogP contribution in [-0.2, 0) is 0 Å². The number of amides is 1. The minimum Gasteiger partial charge on any atom is -0.348 e. The van der Waals surface area contributed by atoms with E-state index in [-0.39, 0.29) is 23.8 Å². The summed E-state index contributed by atoms with van der Waals surface area (Å²) >= 11 is 0. The zero-order valence-electron chi connectivity index (χ0n) is 10.8. The number of benzene rings is 1. The Bertz CT molecular complexity index is 447. The predicted octanol–water partition coefficient (Wildman–Crippen LogP) is 2.00. The highest BCUT2D eigenvalue weighted by atomic mass is 19.1. The number of hydrogen-bond acceptors (Lipinski definition) is 2. The SMILES string of the molecule is Cc1ccc(F)cc1C(=O)NC1CCCNC1C. The van der Waals surface area contributed by atoms with Crippen LogP contribution in [-0.4, -0.2) is 24.5 Å². The van der Waals surface area contributed by atoms with E-state index >= 15 is 0 Å². The Morgan fingerprint density at radius 3 is 3.00 bits per heavy atom. The molecule has 4 heteroatoms. The van der Waals surface area contributed by atoms with Gasteiger partial charge in [-0.05, 0) is 50.9 Å². The molecule has 2 unspecified atom stereocenters. The number of carbonyl (C=O) groups excluding carboxylic acids is 1. The Labute approximate surface area is 107 Å². The summed E-state index contributed by atoms with van der Waals surface area (Å²) in [6, 6.07) is 4.68. The monoisotopic (exact) mass is 250 g/mol. The lowest BCUT2D eigenvalue weighted by atomic mass is 9.99. The Kier molecular flexibility index (Phi) is 3.97. The van der Waals surface area contributed by atoms with E-state index in [1.807, 2.05) is 6.92 Å². The van der Waals surface area contributed by atoms with Gasteiger partial charge in [0.05, 0.1) is 0 Å². The molecule has 98 valence electrons. The van der Waals surface area contributed by atoms with Crippen LogP contribution in [0.2, 0.25) is 0 Å². The van der Waals surface area contributed by atoms with Crippen molar-refractivity contribution in [3.63, 3.8) is 0 Å². The molecule has 1 heterocycles. The standard InChI is InChI=1S/C14H19FN2O/c1-9-5-6-11(15)8-12(9)14(18)17-13-4-3-7-16-10(13)2/h5-6,8,10,13,16H,3-4,7H2,1-2H3,(H,17,18). The number of nitrogens with one attached hydrogen (secondary N) is 2. The molecule has 3 nitrogen and oxygen atoms in total. The van der Waals surface area contributed by atoms with Crippen molar-refractivity contribution in [2.75, 3.05) is 6.54 Å². The van der Waals surface area contributed by atoms with Gasteiger partial charge in [0.2, 0.25) is 0 Å². The van der Waals surface area contributed by atoms with Crippen LogP contribution in [0.5, 0.6) is 0 Å². The second-order valence-corrected chi connectivity index (χ2v) is 4.92. The van der Waals surface area contributed by atoms with Crippen LogP contribution in [0.25, 0.3) is 0 Å². The number of halogens is 1. The van der Waals surface area contributed by atoms with Crippen LogP contribution in [0, 0.1) is 12.7 Å². The van der Waals surface area contributed by atoms with E-state index < -0.39 is 0 Å². The van der Waals surface area contributed by atoms with Gasteiger partial charge in [-0.3, -0.25) is 4.79 Å². The largest absolute Gasteiger partial charge is 0.348 e. The zero-order chi connectivity index (χ0) is 13.1. The maximum atomic E-state index is 13.2. The molecule has 0 bridgehead atoms. The summed E-state index contributed by atoms with van der Waals surface area (Å²) in [5.74, 6) is -0.562. The third-order valence-corrected chi connectivity index (χ3v) is 3.52. The first kappa shape index (κ1) is 13.0. The summed E-state index contributed by atoms with van der Waals surface area (Å²) in [5, 5.41) is 6.31. The molecule has 1 amide bonds. The summed E-state index contributed by atoms with van der Waals surface area (Å²) in [7, 11) is 0. The summed E-state index contributed by atoms with van der Waals surface area (Å²) < 4.78 is 13.2. The molecule has 0 aliphatic carbocycles. The van der Waals surface area contributed by atoms with Gasteiger partial charge in [0, 0.05) is 17.6 Å². The third kappa shape index (κ3) is 2.88. The van der Waals surface area contributed by atoms with Gasteiger partial charge < -0.3 is 10.6 Å². The predicted molar refractivity (Wildman–Crippen MR) is 69.1 cm³/mol. The minimum atomic E-state index is -0.374. The average molecular weight is 250 g/mol. The van der Waals surface area contributed by atoms with Crippen LogP contribution in [0.4, 0.5) is 4.39 Å². The smallest absolute Gasteiger partial charge is 0.251 e. The highest BCUT2D eigenvalue weighted by Gasteiger charge is 2.23. The van der Waals surface area contributed by atoms with Crippen molar-refractivity contribution < 1.29 is 9.18 Å². The molecule has 0 radical (unpaired) electrons. The number of carbonyl (C=O) groups is 1. The molecule has 18 heavy (non-hydrogen) atoms. The van der Waals surface area contributed by atoms with Gasteiger partial charge >= 0.3 is 0 Å². The first-order chi connectivity index (χ1) is 8.58. The van der Waals surface area contributed by atoms with Crippen molar-refractivity contribution in [1.82, 2.24) is 10.6 Å². The second kappa shape index (κ2) is 5.48. The Morgan fingerprint density at radius 1 is 1.50 bits per heavy atom. The van der Waals surface area contributed by atoms with Gasteiger partial charge in [-0.1, -0.05) is 6.07 Å². The maximum absolute atomic E-state index is 13.2. The quantitative estimate of drug-likeness (QED) is 0.843. The molecule has 1 fully saturated rings. The molecule has 2 rings (SSSR count). The van der Waals surface area contributed by atoms with Crippen molar-refractivity contribution in [1.29, 1.82) is 0 Å². The fourth-order valence-corrected chi connectivity index (χ4v) is 2.33. The van der Waals surface area contributed by atoms with Gasteiger partial charge in [0.15, 0.2) is 0 Å². The molecule has 1 aliphatic heterocycles. The minimum absolute atomic E-state index is 0.119. The van der Waals surface area contributed by atoms with Crippen LogP contribution < -0.4 is 10.6 Å². The van der Waals surface area contributed by atoms with Gasteiger partial charge in [-0.15, -0.1) is 0 Å². The van der Waals surface area contributed by atoms with Crippen molar-refractivity contribution in [3.8, 4) is 0 Å². The molecule has 1 aromatic carbocycles. The topological polar surface area (TPSA) is 41.1 Å². The Balaban J connectivity index is 2.09. The van der Waals surface area contributed by atoms with Gasteiger partial charge in [0.1, 0.15) is 5.82 Å². The highest BCUT2D eigenvalue weighted by molar-refractivity contribution is 5.95. The lowest BCUT2D eigenvalue weighted by Crippen LogP contribution is -2.52. The summed E-state index contributed by atoms with van der Waals surface area (Å²) in [4.78, 5) is 12.1. The summed E-state index contributed by atoms with van der Waals surface area (Å²) in [6.07, 6.45) is 2.02. The number of piperidine rings is 1. The van der Waals surface area contributed by atoms with E-state index in [0.29, 0.717) is 5.56 Å². The van der Waals surface area contributed by atoms with Crippen molar-refractivity contribution in [2.45, 2.75) is 38.8 Å². The Morgan fingerprint density at radius 2 is 2.28 bits per heavy atom. The lowest BCUT2D eigenvalue weighted by molar-refractivity contribution is 0.0919. The summed E-state index contributed by atoms with van der Waals surface area (Å²) in [6.45, 7) is 4.87. The van der Waals surface area contributed by atoms with Crippen molar-refractivity contribution >= 4 is 5.91 Å². The first-order valence-corrected chi connectivity index (χ1v) is 6.38. The number of hydrogen-bond donors (Lipinski definition) is 2. The van der Waals surface area contributed by atoms with E-state index in [0.717, 1.165) is 24.9 Å². The first-order valence-electron chi connectivity index (χ1n) is 6.38. The molecule has 1 saturated heterocycles. The molecule has 1 aliphatic rings. The number of aryl methyl sites for hydroxylation is 1. The maximum Gasteiger partial charge on any atom is 0.251 e. The van der Waals surface area contributed by atoms with Crippen molar-refractivity contribution in [2.24, 2.45) is 0 Å². The van der Waals surface area contributed by atoms with Crippen LogP contribution >= 0.6 is 0 Å². The van der Waals surface area contributed by atoms with Gasteiger partial charge in [0.25, 0.3) is 5.91 Å². The molecule has 2 atom stereocenters. The summed E-state index contributed by atoms with van der Waals surface area (Å²) in [5.41, 5.74) is 1.22. The molecular formula is C14H19FN2O. The van der Waals surface area contributed by atoms with Crippen LogP contribution in [0.1, 0.15) is 35.7 Å². The normalized spacial score (nSPS) is 23.7. The average Bonchev–Trinajstić information content (AvgIpc) is 2.35. The van der Waals surface area contributed by atoms with Crippen LogP contribution in [0.15, 0.2) is 18.2 Å². The van der Waals surface area contributed by atoms with E-state index in [1.54, 1.807) is 6.07 Å². The molecule has 0 saturated carbocycles. The lowest BCUT2D eigenvalue weighted by Gasteiger charge is -2.30. The molecule has 1 aromatic rings.